The van der Waals surface area contributed by atoms with Crippen LogP contribution in [0.5, 0.6) is 5.75 Å². The smallest absolute Gasteiger partial charge is 0.273 e. The number of hydrogen-bond donors (Lipinski definition) is 1. The highest BCUT2D eigenvalue weighted by atomic mass is 16.5. The summed E-state index contributed by atoms with van der Waals surface area (Å²) in [5.74, 6) is 0.517. The van der Waals surface area contributed by atoms with E-state index in [4.69, 9.17) is 4.74 Å². The van der Waals surface area contributed by atoms with E-state index in [1.54, 1.807) is 12.0 Å². The summed E-state index contributed by atoms with van der Waals surface area (Å²) in [7, 11) is 1.63. The Morgan fingerprint density at radius 2 is 1.73 bits per heavy atom. The molecule has 2 aromatic heterocycles. The van der Waals surface area contributed by atoms with Crippen LogP contribution in [-0.2, 0) is 17.9 Å². The van der Waals surface area contributed by atoms with Crippen molar-refractivity contribution in [1.29, 1.82) is 0 Å². The number of para-hydroxylation sites is 1. The number of amides is 2. The van der Waals surface area contributed by atoms with E-state index in [9.17, 15) is 9.59 Å². The second-order valence-corrected chi connectivity index (χ2v) is 10.4. The van der Waals surface area contributed by atoms with Crippen LogP contribution in [0.15, 0.2) is 73.1 Å². The molecule has 1 aliphatic carbocycles. The highest BCUT2D eigenvalue weighted by Gasteiger charge is 2.49. The molecule has 4 aromatic rings. The molecule has 2 aromatic carbocycles. The summed E-state index contributed by atoms with van der Waals surface area (Å²) in [6.45, 7) is 2.61. The van der Waals surface area contributed by atoms with Crippen molar-refractivity contribution in [3.8, 4) is 11.4 Å². The maximum absolute atomic E-state index is 14.5. The normalized spacial score (nSPS) is 19.8. The SMILES string of the molecule is COc1ccc(CN2C(=O)c3c(-n4cccc4)c4ccccc4n3C[C@@]2(C)C(=O)NC2CCCC2)cc1. The van der Waals surface area contributed by atoms with Gasteiger partial charge in [-0.2, -0.15) is 0 Å². The van der Waals surface area contributed by atoms with Crippen LogP contribution in [0.1, 0.15) is 48.7 Å². The molecule has 0 unspecified atom stereocenters. The Kier molecular flexibility index (Phi) is 5.78. The van der Waals surface area contributed by atoms with Gasteiger partial charge in [-0.05, 0) is 55.7 Å². The van der Waals surface area contributed by atoms with Crippen LogP contribution in [0.2, 0.25) is 0 Å². The van der Waals surface area contributed by atoms with E-state index >= 15 is 0 Å². The van der Waals surface area contributed by atoms with E-state index in [1.165, 1.54) is 0 Å². The van der Waals surface area contributed by atoms with Gasteiger partial charge in [0.1, 0.15) is 17.0 Å². The maximum atomic E-state index is 14.5. The summed E-state index contributed by atoms with van der Waals surface area (Å²) in [6.07, 6.45) is 8.16. The molecule has 190 valence electrons. The molecule has 3 heterocycles. The van der Waals surface area contributed by atoms with Crippen LogP contribution in [0.25, 0.3) is 16.6 Å². The highest BCUT2D eigenvalue weighted by Crippen LogP contribution is 2.38. The number of hydrogen-bond acceptors (Lipinski definition) is 3. The summed E-state index contributed by atoms with van der Waals surface area (Å²) >= 11 is 0. The summed E-state index contributed by atoms with van der Waals surface area (Å²) < 4.78 is 9.37. The Morgan fingerprint density at radius 1 is 1.03 bits per heavy atom. The molecule has 7 nitrogen and oxygen atoms in total. The molecular weight excluding hydrogens is 464 g/mol. The largest absolute Gasteiger partial charge is 0.497 e. The molecule has 7 heteroatoms. The fraction of sp³-hybridized carbons (Fsp3) is 0.333. The van der Waals surface area contributed by atoms with E-state index in [-0.39, 0.29) is 17.9 Å². The fourth-order valence-electron chi connectivity index (χ4n) is 5.92. The maximum Gasteiger partial charge on any atom is 0.273 e. The van der Waals surface area contributed by atoms with Crippen molar-refractivity contribution in [3.05, 3.63) is 84.3 Å². The first-order chi connectivity index (χ1) is 18.0. The quantitative estimate of drug-likeness (QED) is 0.412. The zero-order chi connectivity index (χ0) is 25.6. The molecule has 2 aliphatic rings. The predicted octanol–water partition coefficient (Wildman–Crippen LogP) is 4.91. The lowest BCUT2D eigenvalue weighted by Crippen LogP contribution is -2.64. The number of nitrogens with one attached hydrogen (secondary N) is 1. The van der Waals surface area contributed by atoms with E-state index < -0.39 is 5.54 Å². The van der Waals surface area contributed by atoms with E-state index in [0.29, 0.717) is 18.8 Å². The predicted molar refractivity (Wildman–Crippen MR) is 143 cm³/mol. The van der Waals surface area contributed by atoms with Crippen molar-refractivity contribution in [2.24, 2.45) is 0 Å². The molecule has 0 saturated heterocycles. The Morgan fingerprint density at radius 3 is 2.43 bits per heavy atom. The molecule has 1 atom stereocenters. The van der Waals surface area contributed by atoms with E-state index in [2.05, 4.69) is 5.32 Å². The molecule has 6 rings (SSSR count). The number of aromatic nitrogens is 2. The van der Waals surface area contributed by atoms with Crippen LogP contribution >= 0.6 is 0 Å². The van der Waals surface area contributed by atoms with Gasteiger partial charge >= 0.3 is 0 Å². The molecule has 1 saturated carbocycles. The number of ether oxygens (including phenoxy) is 1. The molecule has 0 bridgehead atoms. The van der Waals surface area contributed by atoms with Crippen LogP contribution in [0.4, 0.5) is 0 Å². The first-order valence-electron chi connectivity index (χ1n) is 13.0. The molecule has 0 radical (unpaired) electrons. The number of methoxy groups -OCH3 is 1. The highest BCUT2D eigenvalue weighted by molar-refractivity contribution is 6.08. The summed E-state index contributed by atoms with van der Waals surface area (Å²) in [4.78, 5) is 30.2. The van der Waals surface area contributed by atoms with E-state index in [1.807, 2.05) is 89.1 Å². The van der Waals surface area contributed by atoms with Gasteiger partial charge in [-0.3, -0.25) is 9.59 Å². The zero-order valence-corrected chi connectivity index (χ0v) is 21.3. The standard InChI is InChI=1S/C30H32N4O3/c1-30(29(36)31-22-9-3-4-10-22)20-33-25-12-6-5-11-24(25)26(32-17-7-8-18-32)27(33)28(35)34(30)19-21-13-15-23(37-2)16-14-21/h5-8,11-18,22H,3-4,9-10,19-20H2,1-2H3,(H,31,36)/t30-/m0/s1. The lowest BCUT2D eigenvalue weighted by atomic mass is 9.93. The second-order valence-electron chi connectivity index (χ2n) is 10.4. The number of benzene rings is 2. The average molecular weight is 497 g/mol. The van der Waals surface area contributed by atoms with Crippen LogP contribution in [-0.4, -0.2) is 44.5 Å². The minimum absolute atomic E-state index is 0.0905. The van der Waals surface area contributed by atoms with Gasteiger partial charge in [0.05, 0.1) is 24.9 Å². The molecule has 0 spiro atoms. The number of carbonyl (C=O) groups is 2. The van der Waals surface area contributed by atoms with Crippen molar-refractivity contribution in [1.82, 2.24) is 19.4 Å². The average Bonchev–Trinajstić information content (AvgIpc) is 3.68. The monoisotopic (exact) mass is 496 g/mol. The summed E-state index contributed by atoms with van der Waals surface area (Å²) in [5, 5.41) is 4.28. The zero-order valence-electron chi connectivity index (χ0n) is 21.3. The Balaban J connectivity index is 1.49. The van der Waals surface area contributed by atoms with Crippen LogP contribution in [0.3, 0.4) is 0 Å². The molecular formula is C30H32N4O3. The van der Waals surface area contributed by atoms with Gasteiger partial charge in [0.2, 0.25) is 5.91 Å². The van der Waals surface area contributed by atoms with Gasteiger partial charge in [0.15, 0.2) is 0 Å². The molecule has 2 amide bonds. The van der Waals surface area contributed by atoms with Crippen molar-refractivity contribution >= 4 is 22.7 Å². The first kappa shape index (κ1) is 23.4. The molecule has 1 fully saturated rings. The number of nitrogens with zero attached hydrogens (tertiary/aromatic N) is 3. The van der Waals surface area contributed by atoms with Gasteiger partial charge in [0, 0.05) is 30.4 Å². The van der Waals surface area contributed by atoms with Crippen molar-refractivity contribution in [3.63, 3.8) is 0 Å². The Bertz CT molecular complexity index is 1450. The van der Waals surface area contributed by atoms with E-state index in [0.717, 1.165) is 53.6 Å². The first-order valence-corrected chi connectivity index (χ1v) is 13.0. The fourth-order valence-corrected chi connectivity index (χ4v) is 5.92. The lowest BCUT2D eigenvalue weighted by molar-refractivity contribution is -0.133. The molecule has 1 aliphatic heterocycles. The van der Waals surface area contributed by atoms with Gasteiger partial charge in [0.25, 0.3) is 5.91 Å². The van der Waals surface area contributed by atoms with Crippen molar-refractivity contribution < 1.29 is 14.3 Å². The topological polar surface area (TPSA) is 68.5 Å². The third-order valence-electron chi connectivity index (χ3n) is 8.00. The van der Waals surface area contributed by atoms with Crippen LogP contribution in [0, 0.1) is 0 Å². The van der Waals surface area contributed by atoms with Crippen molar-refractivity contribution in [2.45, 2.75) is 57.3 Å². The Labute approximate surface area is 216 Å². The third kappa shape index (κ3) is 3.89. The third-order valence-corrected chi connectivity index (χ3v) is 8.00. The van der Waals surface area contributed by atoms with Gasteiger partial charge < -0.3 is 24.1 Å². The van der Waals surface area contributed by atoms with Crippen molar-refractivity contribution in [2.75, 3.05) is 7.11 Å². The number of carbonyl (C=O) groups excluding carboxylic acids is 2. The summed E-state index contributed by atoms with van der Waals surface area (Å²) in [5.41, 5.74) is 2.31. The number of rotatable bonds is 6. The second kappa shape index (κ2) is 9.14. The van der Waals surface area contributed by atoms with Gasteiger partial charge in [-0.1, -0.05) is 43.2 Å². The lowest BCUT2D eigenvalue weighted by Gasteiger charge is -2.44. The molecule has 1 N–H and O–H groups in total. The minimum Gasteiger partial charge on any atom is -0.497 e. The minimum atomic E-state index is -1.05. The molecule has 37 heavy (non-hydrogen) atoms. The number of fused-ring (bicyclic) bond motifs is 3. The summed E-state index contributed by atoms with van der Waals surface area (Å²) in [6, 6.07) is 19.8. The van der Waals surface area contributed by atoms with Crippen LogP contribution < -0.4 is 10.1 Å². The Hall–Kier alpha value is -4.00. The van der Waals surface area contributed by atoms with Gasteiger partial charge in [-0.15, -0.1) is 0 Å². The van der Waals surface area contributed by atoms with Gasteiger partial charge in [-0.25, -0.2) is 0 Å².